The van der Waals surface area contributed by atoms with E-state index in [1.807, 2.05) is 42.5 Å². The lowest BCUT2D eigenvalue weighted by atomic mass is 9.92. The van der Waals surface area contributed by atoms with Crippen LogP contribution in [0.15, 0.2) is 59.6 Å². The Morgan fingerprint density at radius 2 is 1.92 bits per heavy atom. The van der Waals surface area contributed by atoms with E-state index in [0.717, 1.165) is 11.1 Å². The molecule has 1 amide bonds. The van der Waals surface area contributed by atoms with Gasteiger partial charge in [-0.25, -0.2) is 4.99 Å². The van der Waals surface area contributed by atoms with Gasteiger partial charge < -0.3 is 20.3 Å². The van der Waals surface area contributed by atoms with Crippen LogP contribution >= 0.6 is 0 Å². The fourth-order valence-electron chi connectivity index (χ4n) is 2.78. The van der Waals surface area contributed by atoms with Gasteiger partial charge in [0.2, 0.25) is 11.8 Å². The average Bonchev–Trinajstić information content (AvgIpc) is 3.09. The molecule has 0 unspecified atom stereocenters. The standard InChI is InChI=1S/C20H22N2O4/c21-19(24)20(13-15-5-2-1-3-6-15)14-26-18(22-20)16-7-9-17(10-8-16)25-12-4-11-23/h1-3,5-10,23H,4,11-14H2,(H2,21,24)/t20-/m1/s1. The van der Waals surface area contributed by atoms with Crippen molar-refractivity contribution in [1.82, 2.24) is 0 Å². The summed E-state index contributed by atoms with van der Waals surface area (Å²) in [6.07, 6.45) is 0.979. The number of carbonyl (C=O) groups excluding carboxylic acids is 1. The molecule has 6 nitrogen and oxygen atoms in total. The number of nitrogens with zero attached hydrogens (tertiary/aromatic N) is 1. The van der Waals surface area contributed by atoms with Crippen molar-refractivity contribution in [3.63, 3.8) is 0 Å². The first-order valence-electron chi connectivity index (χ1n) is 8.53. The van der Waals surface area contributed by atoms with Crippen LogP contribution < -0.4 is 10.5 Å². The Morgan fingerprint density at radius 1 is 1.19 bits per heavy atom. The van der Waals surface area contributed by atoms with E-state index in [-0.39, 0.29) is 13.2 Å². The van der Waals surface area contributed by atoms with E-state index in [1.165, 1.54) is 0 Å². The number of hydrogen-bond donors (Lipinski definition) is 2. The molecule has 1 aliphatic heterocycles. The first kappa shape index (κ1) is 17.9. The third-order valence-corrected chi connectivity index (χ3v) is 4.23. The van der Waals surface area contributed by atoms with Gasteiger partial charge in [0.1, 0.15) is 12.4 Å². The summed E-state index contributed by atoms with van der Waals surface area (Å²) in [5.74, 6) is 0.605. The highest BCUT2D eigenvalue weighted by Gasteiger charge is 2.43. The van der Waals surface area contributed by atoms with Crippen molar-refractivity contribution in [2.45, 2.75) is 18.4 Å². The summed E-state index contributed by atoms with van der Waals surface area (Å²) in [7, 11) is 0. The zero-order valence-electron chi connectivity index (χ0n) is 14.4. The number of rotatable bonds is 8. The summed E-state index contributed by atoms with van der Waals surface area (Å²) in [4.78, 5) is 16.6. The zero-order chi connectivity index (χ0) is 18.4. The fourth-order valence-corrected chi connectivity index (χ4v) is 2.78. The number of nitrogens with two attached hydrogens (primary N) is 1. The molecule has 1 heterocycles. The third-order valence-electron chi connectivity index (χ3n) is 4.23. The van der Waals surface area contributed by atoms with Crippen LogP contribution in [0.2, 0.25) is 0 Å². The molecule has 0 aromatic heterocycles. The molecule has 6 heteroatoms. The summed E-state index contributed by atoms with van der Waals surface area (Å²) in [6, 6.07) is 16.9. The Labute approximate surface area is 152 Å². The van der Waals surface area contributed by atoms with Crippen LogP contribution in [0.25, 0.3) is 0 Å². The van der Waals surface area contributed by atoms with Crippen molar-refractivity contribution in [1.29, 1.82) is 0 Å². The smallest absolute Gasteiger partial charge is 0.249 e. The van der Waals surface area contributed by atoms with E-state index < -0.39 is 11.4 Å². The van der Waals surface area contributed by atoms with Gasteiger partial charge in [0.25, 0.3) is 0 Å². The number of benzene rings is 2. The average molecular weight is 354 g/mol. The van der Waals surface area contributed by atoms with Crippen molar-refractivity contribution in [2.24, 2.45) is 10.7 Å². The van der Waals surface area contributed by atoms with E-state index in [0.29, 0.717) is 31.1 Å². The van der Waals surface area contributed by atoms with Gasteiger partial charge in [0, 0.05) is 25.0 Å². The van der Waals surface area contributed by atoms with Crippen molar-refractivity contribution in [3.05, 3.63) is 65.7 Å². The SMILES string of the molecule is NC(=O)[C@@]1(Cc2ccccc2)COC(c2ccc(OCCCO)cc2)=N1. The van der Waals surface area contributed by atoms with E-state index in [4.69, 9.17) is 20.3 Å². The Balaban J connectivity index is 1.77. The monoisotopic (exact) mass is 354 g/mol. The molecule has 26 heavy (non-hydrogen) atoms. The summed E-state index contributed by atoms with van der Waals surface area (Å²) >= 11 is 0. The van der Waals surface area contributed by atoms with Gasteiger partial charge in [-0.2, -0.15) is 0 Å². The summed E-state index contributed by atoms with van der Waals surface area (Å²) in [5, 5.41) is 8.78. The number of ether oxygens (including phenoxy) is 2. The molecule has 136 valence electrons. The predicted molar refractivity (Wildman–Crippen MR) is 98.2 cm³/mol. The predicted octanol–water partition coefficient (Wildman–Crippen LogP) is 1.69. The zero-order valence-corrected chi connectivity index (χ0v) is 14.4. The third kappa shape index (κ3) is 4.03. The van der Waals surface area contributed by atoms with E-state index in [2.05, 4.69) is 4.99 Å². The quantitative estimate of drug-likeness (QED) is 0.706. The molecular weight excluding hydrogens is 332 g/mol. The number of aliphatic imine (C=N–C) groups is 1. The molecule has 0 bridgehead atoms. The summed E-state index contributed by atoms with van der Waals surface area (Å²) < 4.78 is 11.2. The molecule has 0 aliphatic carbocycles. The lowest BCUT2D eigenvalue weighted by Gasteiger charge is -2.19. The molecule has 0 saturated carbocycles. The maximum Gasteiger partial charge on any atom is 0.249 e. The van der Waals surface area contributed by atoms with Gasteiger partial charge in [-0.3, -0.25) is 4.79 Å². The number of amides is 1. The van der Waals surface area contributed by atoms with Crippen LogP contribution in [-0.4, -0.2) is 42.3 Å². The molecule has 0 saturated heterocycles. The van der Waals surface area contributed by atoms with Crippen molar-refractivity contribution in [2.75, 3.05) is 19.8 Å². The van der Waals surface area contributed by atoms with E-state index >= 15 is 0 Å². The molecule has 3 N–H and O–H groups in total. The maximum atomic E-state index is 12.1. The normalized spacial score (nSPS) is 18.9. The fraction of sp³-hybridized carbons (Fsp3) is 0.300. The number of carbonyl (C=O) groups is 1. The minimum atomic E-state index is -1.09. The number of primary amides is 1. The van der Waals surface area contributed by atoms with Gasteiger partial charge >= 0.3 is 0 Å². The van der Waals surface area contributed by atoms with Gasteiger partial charge in [0.05, 0.1) is 6.61 Å². The van der Waals surface area contributed by atoms with E-state index in [1.54, 1.807) is 12.1 Å². The Bertz CT molecular complexity index is 774. The molecular formula is C20H22N2O4. The van der Waals surface area contributed by atoms with Crippen LogP contribution in [0.4, 0.5) is 0 Å². The lowest BCUT2D eigenvalue weighted by molar-refractivity contribution is -0.123. The second-order valence-corrected chi connectivity index (χ2v) is 6.21. The summed E-state index contributed by atoms with van der Waals surface area (Å²) in [5.41, 5.74) is 6.30. The van der Waals surface area contributed by atoms with Gasteiger partial charge in [-0.15, -0.1) is 0 Å². The van der Waals surface area contributed by atoms with Crippen LogP contribution in [-0.2, 0) is 16.0 Å². The highest BCUT2D eigenvalue weighted by Crippen LogP contribution is 2.27. The Hall–Kier alpha value is -2.86. The largest absolute Gasteiger partial charge is 0.494 e. The molecule has 0 radical (unpaired) electrons. The Kier molecular flexibility index (Phi) is 5.53. The second kappa shape index (κ2) is 8.01. The number of aliphatic hydroxyl groups excluding tert-OH is 1. The topological polar surface area (TPSA) is 94.1 Å². The highest BCUT2D eigenvalue weighted by molar-refractivity contribution is 6.00. The number of aliphatic hydroxyl groups is 1. The minimum Gasteiger partial charge on any atom is -0.494 e. The highest BCUT2D eigenvalue weighted by atomic mass is 16.5. The molecule has 2 aromatic carbocycles. The first-order valence-corrected chi connectivity index (χ1v) is 8.53. The molecule has 1 atom stereocenters. The maximum absolute atomic E-state index is 12.1. The van der Waals surface area contributed by atoms with Gasteiger partial charge in [0.15, 0.2) is 5.54 Å². The van der Waals surface area contributed by atoms with Crippen LogP contribution in [0.1, 0.15) is 17.5 Å². The van der Waals surface area contributed by atoms with Gasteiger partial charge in [-0.05, 0) is 29.8 Å². The van der Waals surface area contributed by atoms with Crippen molar-refractivity contribution < 1.29 is 19.4 Å². The molecule has 2 aromatic rings. The van der Waals surface area contributed by atoms with Crippen LogP contribution in [0.3, 0.4) is 0 Å². The first-order chi connectivity index (χ1) is 12.6. The summed E-state index contributed by atoms with van der Waals surface area (Å²) in [6.45, 7) is 0.676. The molecule has 0 spiro atoms. The van der Waals surface area contributed by atoms with Gasteiger partial charge in [-0.1, -0.05) is 30.3 Å². The van der Waals surface area contributed by atoms with Crippen molar-refractivity contribution >= 4 is 11.8 Å². The minimum absolute atomic E-state index is 0.0966. The molecule has 0 fully saturated rings. The van der Waals surface area contributed by atoms with Crippen molar-refractivity contribution in [3.8, 4) is 5.75 Å². The molecule has 1 aliphatic rings. The van der Waals surface area contributed by atoms with E-state index in [9.17, 15) is 4.79 Å². The molecule has 3 rings (SSSR count). The lowest BCUT2D eigenvalue weighted by Crippen LogP contribution is -2.45. The Morgan fingerprint density at radius 3 is 2.58 bits per heavy atom. The second-order valence-electron chi connectivity index (χ2n) is 6.21. The van der Waals surface area contributed by atoms with Crippen LogP contribution in [0, 0.1) is 0 Å². The van der Waals surface area contributed by atoms with Crippen LogP contribution in [0.5, 0.6) is 5.75 Å². The number of hydrogen-bond acceptors (Lipinski definition) is 5.